The quantitative estimate of drug-likeness (QED) is 0.597. The summed E-state index contributed by atoms with van der Waals surface area (Å²) in [5.41, 5.74) is 11.6. The fourth-order valence-corrected chi connectivity index (χ4v) is 1.70. The number of nitrogens with zero attached hydrogens (tertiary/aromatic N) is 2. The monoisotopic (exact) mass is 224 g/mol. The summed E-state index contributed by atoms with van der Waals surface area (Å²) in [7, 11) is 3.78. The second-order valence-corrected chi connectivity index (χ2v) is 4.11. The van der Waals surface area contributed by atoms with Gasteiger partial charge in [0.1, 0.15) is 4.99 Å². The third-order valence-corrected chi connectivity index (χ3v) is 2.12. The van der Waals surface area contributed by atoms with E-state index >= 15 is 0 Å². The lowest BCUT2D eigenvalue weighted by Crippen LogP contribution is -2.24. The average Bonchev–Trinajstić information content (AvgIpc) is 1.99. The molecule has 0 aliphatic rings. The maximum atomic E-state index is 5.67. The summed E-state index contributed by atoms with van der Waals surface area (Å²) in [5.74, 6) is 0.713. The summed E-state index contributed by atoms with van der Waals surface area (Å²) in [6, 6.07) is 1.97. The average molecular weight is 224 g/mol. The largest absolute Gasteiger partial charge is 0.389 e. The van der Waals surface area contributed by atoms with Gasteiger partial charge < -0.3 is 11.2 Å². The van der Waals surface area contributed by atoms with Crippen LogP contribution in [-0.2, 0) is 0 Å². The van der Waals surface area contributed by atoms with Crippen molar-refractivity contribution in [3.8, 4) is 0 Å². The molecule has 0 aromatic carbocycles. The van der Waals surface area contributed by atoms with Crippen molar-refractivity contribution in [2.45, 2.75) is 13.8 Å². The van der Waals surface area contributed by atoms with Crippen LogP contribution in [0.4, 0.5) is 5.82 Å². The number of hydrogen-bond acceptors (Lipinski definition) is 4. The summed E-state index contributed by atoms with van der Waals surface area (Å²) in [6.45, 7) is 3.92. The van der Waals surface area contributed by atoms with Crippen molar-refractivity contribution in [2.75, 3.05) is 19.5 Å². The molecule has 1 aromatic heterocycles. The molecule has 0 spiro atoms. The van der Waals surface area contributed by atoms with Crippen LogP contribution in [0.2, 0.25) is 0 Å². The zero-order valence-electron chi connectivity index (χ0n) is 9.46. The first-order valence-electron chi connectivity index (χ1n) is 4.64. The third-order valence-electron chi connectivity index (χ3n) is 1.92. The van der Waals surface area contributed by atoms with Crippen LogP contribution in [0.25, 0.3) is 0 Å². The molecule has 0 radical (unpaired) electrons. The van der Waals surface area contributed by atoms with Crippen LogP contribution in [0.15, 0.2) is 6.07 Å². The van der Waals surface area contributed by atoms with Crippen LogP contribution < -0.4 is 11.2 Å². The fourth-order valence-electron chi connectivity index (χ4n) is 1.44. The van der Waals surface area contributed by atoms with E-state index in [9.17, 15) is 0 Å². The molecule has 0 saturated carbocycles. The number of aromatic nitrogens is 1. The van der Waals surface area contributed by atoms with E-state index in [1.165, 1.54) is 0 Å². The smallest absolute Gasteiger partial charge is 0.151 e. The number of hydrogen-bond donors (Lipinski definition) is 2. The van der Waals surface area contributed by atoms with Crippen molar-refractivity contribution in [3.05, 3.63) is 22.9 Å². The van der Waals surface area contributed by atoms with E-state index < -0.39 is 0 Å². The number of rotatable bonds is 3. The lowest BCUT2D eigenvalue weighted by Gasteiger charge is -2.17. The van der Waals surface area contributed by atoms with Gasteiger partial charge >= 0.3 is 0 Å². The molecule has 0 aliphatic heterocycles. The first-order valence-corrected chi connectivity index (χ1v) is 5.04. The van der Waals surface area contributed by atoms with Gasteiger partial charge in [0.15, 0.2) is 5.82 Å². The van der Waals surface area contributed by atoms with Crippen molar-refractivity contribution in [1.29, 1.82) is 0 Å². The molecule has 3 N–H and O–H groups in total. The van der Waals surface area contributed by atoms with Gasteiger partial charge in [-0.3, -0.25) is 0 Å². The molecule has 0 atom stereocenters. The summed E-state index contributed by atoms with van der Waals surface area (Å²) in [6.07, 6.45) is 0. The second-order valence-electron chi connectivity index (χ2n) is 3.67. The Morgan fingerprint density at radius 2 is 2.07 bits per heavy atom. The van der Waals surface area contributed by atoms with Crippen molar-refractivity contribution in [2.24, 2.45) is 5.73 Å². The van der Waals surface area contributed by atoms with Gasteiger partial charge in [-0.2, -0.15) is 0 Å². The lowest BCUT2D eigenvalue weighted by molar-refractivity contribution is 0.492. The van der Waals surface area contributed by atoms with Crippen molar-refractivity contribution < 1.29 is 0 Å². The molecule has 0 bridgehead atoms. The number of nitrogens with two attached hydrogens (primary N) is 1. The van der Waals surface area contributed by atoms with Gasteiger partial charge in [0.25, 0.3) is 0 Å². The standard InChI is InChI=1S/C10H16N4S/c1-6-5-7(2)12-10(13-14(3)4)8(6)9(11)15/h5H,1-4H3,(H2,11,15)(H,12,13). The number of nitrogens with one attached hydrogen (secondary N) is 1. The highest BCUT2D eigenvalue weighted by Gasteiger charge is 2.11. The van der Waals surface area contributed by atoms with E-state index in [4.69, 9.17) is 18.0 Å². The van der Waals surface area contributed by atoms with Crippen LogP contribution in [0, 0.1) is 13.8 Å². The number of pyridine rings is 1. The van der Waals surface area contributed by atoms with E-state index in [-0.39, 0.29) is 0 Å². The van der Waals surface area contributed by atoms with Crippen LogP contribution in [0.5, 0.6) is 0 Å². The molecule has 82 valence electrons. The minimum absolute atomic E-state index is 0.365. The van der Waals surface area contributed by atoms with E-state index in [0.717, 1.165) is 16.8 Å². The predicted octanol–water partition coefficient (Wildman–Crippen LogP) is 1.22. The minimum atomic E-state index is 0.365. The Bertz CT molecular complexity index is 387. The predicted molar refractivity (Wildman–Crippen MR) is 66.9 cm³/mol. The van der Waals surface area contributed by atoms with Crippen molar-refractivity contribution >= 4 is 23.0 Å². The van der Waals surface area contributed by atoms with Crippen LogP contribution >= 0.6 is 12.2 Å². The Kier molecular flexibility index (Phi) is 3.60. The summed E-state index contributed by atoms with van der Waals surface area (Å²) < 4.78 is 0. The van der Waals surface area contributed by atoms with Crippen molar-refractivity contribution in [1.82, 2.24) is 9.99 Å². The lowest BCUT2D eigenvalue weighted by atomic mass is 10.1. The minimum Gasteiger partial charge on any atom is -0.389 e. The summed E-state index contributed by atoms with van der Waals surface area (Å²) in [5, 5.41) is 1.81. The Labute approximate surface area is 95.5 Å². The second kappa shape index (κ2) is 4.55. The molecule has 0 unspecified atom stereocenters. The van der Waals surface area contributed by atoms with Gasteiger partial charge in [-0.15, -0.1) is 0 Å². The first-order chi connectivity index (χ1) is 6.91. The maximum Gasteiger partial charge on any atom is 0.151 e. The molecule has 0 amide bonds. The molecule has 5 heteroatoms. The van der Waals surface area contributed by atoms with E-state index in [1.54, 1.807) is 0 Å². The topological polar surface area (TPSA) is 54.2 Å². The molecular formula is C10H16N4S. The number of aryl methyl sites for hydroxylation is 2. The molecule has 1 heterocycles. The van der Waals surface area contributed by atoms with Crippen LogP contribution in [-0.4, -0.2) is 29.1 Å². The van der Waals surface area contributed by atoms with E-state index in [2.05, 4.69) is 10.4 Å². The molecule has 15 heavy (non-hydrogen) atoms. The number of hydrazine groups is 1. The Morgan fingerprint density at radius 1 is 1.47 bits per heavy atom. The van der Waals surface area contributed by atoms with Gasteiger partial charge in [0, 0.05) is 19.8 Å². The normalized spacial score (nSPS) is 10.5. The Morgan fingerprint density at radius 3 is 2.53 bits per heavy atom. The number of thiocarbonyl (C=S) groups is 1. The molecule has 1 aromatic rings. The van der Waals surface area contributed by atoms with Crippen LogP contribution in [0.1, 0.15) is 16.8 Å². The zero-order valence-corrected chi connectivity index (χ0v) is 10.3. The van der Waals surface area contributed by atoms with Gasteiger partial charge in [-0.1, -0.05) is 12.2 Å². The van der Waals surface area contributed by atoms with E-state index in [1.807, 2.05) is 39.0 Å². The molecular weight excluding hydrogens is 208 g/mol. The molecule has 0 saturated heterocycles. The first kappa shape index (κ1) is 11.9. The van der Waals surface area contributed by atoms with Crippen molar-refractivity contribution in [3.63, 3.8) is 0 Å². The van der Waals surface area contributed by atoms with Gasteiger partial charge in [-0.05, 0) is 25.5 Å². The fraction of sp³-hybridized carbons (Fsp3) is 0.400. The SMILES string of the molecule is Cc1cc(C)c(C(N)=S)c(NN(C)C)n1. The number of anilines is 1. The zero-order chi connectivity index (χ0) is 11.6. The van der Waals surface area contributed by atoms with Crippen LogP contribution in [0.3, 0.4) is 0 Å². The Balaban J connectivity index is 3.27. The van der Waals surface area contributed by atoms with Gasteiger partial charge in [0.05, 0.1) is 5.56 Å². The molecule has 4 nitrogen and oxygen atoms in total. The van der Waals surface area contributed by atoms with E-state index in [0.29, 0.717) is 10.8 Å². The molecule has 0 fully saturated rings. The molecule has 1 rings (SSSR count). The maximum absolute atomic E-state index is 5.67. The highest BCUT2D eigenvalue weighted by Crippen LogP contribution is 2.18. The highest BCUT2D eigenvalue weighted by molar-refractivity contribution is 7.80. The van der Waals surface area contributed by atoms with Gasteiger partial charge in [-0.25, -0.2) is 9.99 Å². The summed E-state index contributed by atoms with van der Waals surface area (Å²) in [4.78, 5) is 4.74. The van der Waals surface area contributed by atoms with Gasteiger partial charge in [0.2, 0.25) is 0 Å². The third kappa shape index (κ3) is 2.87. The Hall–Kier alpha value is -1.20. The highest BCUT2D eigenvalue weighted by atomic mass is 32.1. The summed E-state index contributed by atoms with van der Waals surface area (Å²) >= 11 is 5.01. The molecule has 0 aliphatic carbocycles.